The Hall–Kier alpha value is -2.18. The first kappa shape index (κ1) is 20.7. The molecule has 2 amide bonds. The number of nitrogens with zero attached hydrogens (tertiary/aromatic N) is 3. The molecule has 2 fully saturated rings. The van der Waals surface area contributed by atoms with Crippen LogP contribution in [-0.2, 0) is 17.8 Å². The smallest absolute Gasteiger partial charge is 0.264 e. The zero-order chi connectivity index (χ0) is 21.2. The van der Waals surface area contributed by atoms with Gasteiger partial charge in [0.1, 0.15) is 0 Å². The van der Waals surface area contributed by atoms with Crippen LogP contribution in [0, 0.1) is 5.92 Å². The van der Waals surface area contributed by atoms with Crippen LogP contribution in [-0.4, -0.2) is 65.3 Å². The molecule has 1 saturated heterocycles. The number of amides is 2. The Morgan fingerprint density at radius 3 is 2.32 bits per heavy atom. The number of hydrogen-bond donors (Lipinski definition) is 0. The van der Waals surface area contributed by atoms with Gasteiger partial charge < -0.3 is 9.80 Å². The summed E-state index contributed by atoms with van der Waals surface area (Å²) >= 11 is 1.50. The van der Waals surface area contributed by atoms with Crippen molar-refractivity contribution < 1.29 is 9.59 Å². The second-order valence-corrected chi connectivity index (χ2v) is 10.0. The molecule has 5 nitrogen and oxygen atoms in total. The molecule has 2 aliphatic heterocycles. The highest BCUT2D eigenvalue weighted by Gasteiger charge is 2.40. The Morgan fingerprint density at radius 2 is 1.61 bits per heavy atom. The molecule has 1 aromatic heterocycles. The summed E-state index contributed by atoms with van der Waals surface area (Å²) in [6.07, 6.45) is 5.70. The van der Waals surface area contributed by atoms with Crippen LogP contribution in [0.4, 0.5) is 0 Å². The van der Waals surface area contributed by atoms with Gasteiger partial charge >= 0.3 is 0 Å². The van der Waals surface area contributed by atoms with Crippen LogP contribution < -0.4 is 0 Å². The minimum absolute atomic E-state index is 0.0354. The minimum Gasteiger partial charge on any atom is -0.337 e. The van der Waals surface area contributed by atoms with Gasteiger partial charge in [-0.2, -0.15) is 0 Å². The highest BCUT2D eigenvalue weighted by molar-refractivity contribution is 7.12. The quantitative estimate of drug-likeness (QED) is 0.733. The molecular formula is C25H31N3O2S. The second kappa shape index (κ2) is 9.13. The zero-order valence-corrected chi connectivity index (χ0v) is 18.9. The molecule has 0 spiro atoms. The Balaban J connectivity index is 1.28. The third-order valence-corrected chi connectivity index (χ3v) is 8.13. The summed E-state index contributed by atoms with van der Waals surface area (Å²) in [6, 6.07) is 12.3. The third kappa shape index (κ3) is 4.28. The molecule has 164 valence electrons. The van der Waals surface area contributed by atoms with Crippen molar-refractivity contribution in [2.45, 2.75) is 44.7 Å². The Morgan fingerprint density at radius 1 is 0.871 bits per heavy atom. The fraction of sp³-hybridized carbons (Fsp3) is 0.520. The van der Waals surface area contributed by atoms with Crippen molar-refractivity contribution in [1.29, 1.82) is 0 Å². The van der Waals surface area contributed by atoms with E-state index in [-0.39, 0.29) is 11.9 Å². The molecular weight excluding hydrogens is 406 g/mol. The van der Waals surface area contributed by atoms with E-state index in [4.69, 9.17) is 0 Å². The van der Waals surface area contributed by atoms with Gasteiger partial charge in [0.25, 0.3) is 5.91 Å². The van der Waals surface area contributed by atoms with E-state index in [2.05, 4.69) is 34.1 Å². The number of fused-ring (bicyclic) bond motifs is 1. The first-order valence-corrected chi connectivity index (χ1v) is 12.5. The van der Waals surface area contributed by atoms with Gasteiger partial charge in [0.05, 0.1) is 10.9 Å². The Labute approximate surface area is 188 Å². The molecule has 1 aromatic carbocycles. The number of thiophene rings is 1. The number of hydrogen-bond acceptors (Lipinski definition) is 4. The number of piperazine rings is 1. The lowest BCUT2D eigenvalue weighted by atomic mass is 9.92. The second-order valence-electron chi connectivity index (χ2n) is 9.07. The van der Waals surface area contributed by atoms with E-state index in [9.17, 15) is 9.59 Å². The molecule has 0 N–H and O–H groups in total. The zero-order valence-electron chi connectivity index (χ0n) is 18.0. The Kier molecular flexibility index (Phi) is 6.10. The van der Waals surface area contributed by atoms with E-state index < -0.39 is 0 Å². The van der Waals surface area contributed by atoms with Crippen LogP contribution >= 0.6 is 11.3 Å². The van der Waals surface area contributed by atoms with Gasteiger partial charge in [-0.05, 0) is 47.8 Å². The van der Waals surface area contributed by atoms with Crippen LogP contribution in [0.15, 0.2) is 41.8 Å². The van der Waals surface area contributed by atoms with Crippen LogP contribution in [0.1, 0.15) is 46.5 Å². The van der Waals surface area contributed by atoms with Crippen molar-refractivity contribution in [3.63, 3.8) is 0 Å². The highest BCUT2D eigenvalue weighted by atomic mass is 32.1. The Bertz CT molecular complexity index is 915. The highest BCUT2D eigenvalue weighted by Crippen LogP contribution is 2.33. The first-order valence-electron chi connectivity index (χ1n) is 11.6. The maximum Gasteiger partial charge on any atom is 0.264 e. The average Bonchev–Trinajstić information content (AvgIpc) is 3.54. The molecule has 6 heteroatoms. The topological polar surface area (TPSA) is 43.9 Å². The molecule has 0 bridgehead atoms. The predicted octanol–water partition coefficient (Wildman–Crippen LogP) is 3.65. The van der Waals surface area contributed by atoms with Crippen molar-refractivity contribution in [3.05, 3.63) is 57.8 Å². The fourth-order valence-electron chi connectivity index (χ4n) is 5.56. The maximum atomic E-state index is 13.8. The van der Waals surface area contributed by atoms with Crippen molar-refractivity contribution in [2.75, 3.05) is 32.7 Å². The number of carbonyl (C=O) groups excluding carboxylic acids is 2. The third-order valence-electron chi connectivity index (χ3n) is 7.27. The van der Waals surface area contributed by atoms with E-state index in [0.29, 0.717) is 24.9 Å². The van der Waals surface area contributed by atoms with Crippen LogP contribution in [0.3, 0.4) is 0 Å². The molecule has 5 rings (SSSR count). The van der Waals surface area contributed by atoms with E-state index in [0.717, 1.165) is 50.3 Å². The van der Waals surface area contributed by atoms with Gasteiger partial charge in [-0.25, -0.2) is 0 Å². The minimum atomic E-state index is -0.0354. The van der Waals surface area contributed by atoms with E-state index in [1.54, 1.807) is 0 Å². The molecule has 0 radical (unpaired) electrons. The average molecular weight is 438 g/mol. The summed E-state index contributed by atoms with van der Waals surface area (Å²) in [6.45, 7) is 4.53. The molecule has 1 aliphatic carbocycles. The number of carbonyl (C=O) groups is 2. The first-order chi connectivity index (χ1) is 15.2. The molecule has 2 aromatic rings. The van der Waals surface area contributed by atoms with Crippen molar-refractivity contribution in [3.8, 4) is 0 Å². The molecule has 1 atom stereocenters. The molecule has 1 unspecified atom stereocenters. The fourth-order valence-corrected chi connectivity index (χ4v) is 6.25. The normalized spacial score (nSPS) is 21.2. The number of rotatable bonds is 4. The summed E-state index contributed by atoms with van der Waals surface area (Å²) in [4.78, 5) is 33.8. The lowest BCUT2D eigenvalue weighted by Gasteiger charge is -2.43. The van der Waals surface area contributed by atoms with Gasteiger partial charge in [0.2, 0.25) is 5.91 Å². The largest absolute Gasteiger partial charge is 0.337 e. The maximum absolute atomic E-state index is 13.8. The molecule has 3 heterocycles. The number of benzene rings is 1. The van der Waals surface area contributed by atoms with Gasteiger partial charge in [-0.1, -0.05) is 43.2 Å². The summed E-state index contributed by atoms with van der Waals surface area (Å²) in [5, 5.41) is 1.95. The van der Waals surface area contributed by atoms with Crippen molar-refractivity contribution in [2.24, 2.45) is 5.92 Å². The SMILES string of the molecule is O=C(c1cccs1)N1CCN(C(C(=O)N2CCc3ccccc3C2)C2CCCC2)CC1. The predicted molar refractivity (Wildman–Crippen MR) is 123 cm³/mol. The van der Waals surface area contributed by atoms with E-state index in [1.807, 2.05) is 22.4 Å². The van der Waals surface area contributed by atoms with Gasteiger partial charge in [0, 0.05) is 39.3 Å². The van der Waals surface area contributed by atoms with Crippen LogP contribution in [0.25, 0.3) is 0 Å². The lowest BCUT2D eigenvalue weighted by molar-refractivity contribution is -0.141. The molecule has 3 aliphatic rings. The van der Waals surface area contributed by atoms with Gasteiger partial charge in [-0.15, -0.1) is 11.3 Å². The van der Waals surface area contributed by atoms with Crippen LogP contribution in [0.5, 0.6) is 0 Å². The van der Waals surface area contributed by atoms with E-state index in [1.165, 1.54) is 35.3 Å². The van der Waals surface area contributed by atoms with E-state index >= 15 is 0 Å². The summed E-state index contributed by atoms with van der Waals surface area (Å²) in [5.74, 6) is 0.884. The summed E-state index contributed by atoms with van der Waals surface area (Å²) < 4.78 is 0. The lowest BCUT2D eigenvalue weighted by Crippen LogP contribution is -2.58. The van der Waals surface area contributed by atoms with Crippen molar-refractivity contribution in [1.82, 2.24) is 14.7 Å². The standard InChI is InChI=1S/C25H31N3O2S/c29-24(22-10-5-17-31-22)27-15-13-26(14-16-27)23(20-7-2-3-8-20)25(30)28-12-11-19-6-1-4-9-21(19)18-28/h1,4-6,9-10,17,20,23H,2-3,7-8,11-16,18H2. The van der Waals surface area contributed by atoms with Gasteiger partial charge in [-0.3, -0.25) is 14.5 Å². The molecule has 1 saturated carbocycles. The molecule has 31 heavy (non-hydrogen) atoms. The monoisotopic (exact) mass is 437 g/mol. The summed E-state index contributed by atoms with van der Waals surface area (Å²) in [5.41, 5.74) is 2.67. The van der Waals surface area contributed by atoms with Gasteiger partial charge in [0.15, 0.2) is 0 Å². The van der Waals surface area contributed by atoms with Crippen molar-refractivity contribution >= 4 is 23.2 Å². The summed E-state index contributed by atoms with van der Waals surface area (Å²) in [7, 11) is 0. The van der Waals surface area contributed by atoms with Crippen LogP contribution in [0.2, 0.25) is 0 Å².